The number of fused-ring (bicyclic) bond motifs is 1. The molecule has 0 aromatic heterocycles. The molecule has 0 aromatic rings. The molecule has 0 unspecified atom stereocenters. The van der Waals surface area contributed by atoms with Gasteiger partial charge in [-0.1, -0.05) is 12.8 Å². The van der Waals surface area contributed by atoms with Crippen LogP contribution in [0.1, 0.15) is 32.1 Å². The highest BCUT2D eigenvalue weighted by Gasteiger charge is 2.33. The van der Waals surface area contributed by atoms with Gasteiger partial charge in [0.05, 0.1) is 19.4 Å². The molecule has 1 heterocycles. The number of carbonyl (C=O) groups is 2. The van der Waals surface area contributed by atoms with Crippen LogP contribution in [0.4, 0.5) is 0 Å². The fourth-order valence-corrected chi connectivity index (χ4v) is 2.68. The molecule has 17 heavy (non-hydrogen) atoms. The third kappa shape index (κ3) is 2.97. The maximum absolute atomic E-state index is 12.0. The van der Waals surface area contributed by atoms with Crippen LogP contribution in [0.3, 0.4) is 0 Å². The third-order valence-corrected chi connectivity index (χ3v) is 3.73. The SMILES string of the molecule is COC(=O)C[C@H]1CN[C@H]2CCCC[C@@H]2NC1=O. The van der Waals surface area contributed by atoms with Crippen molar-refractivity contribution in [2.24, 2.45) is 5.92 Å². The minimum absolute atomic E-state index is 0.0164. The summed E-state index contributed by atoms with van der Waals surface area (Å²) in [7, 11) is 1.35. The van der Waals surface area contributed by atoms with E-state index >= 15 is 0 Å². The number of hydrogen-bond donors (Lipinski definition) is 2. The second-order valence-corrected chi connectivity index (χ2v) is 4.89. The molecule has 0 aromatic carbocycles. The van der Waals surface area contributed by atoms with Gasteiger partial charge in [-0.25, -0.2) is 0 Å². The molecule has 1 saturated carbocycles. The van der Waals surface area contributed by atoms with Gasteiger partial charge in [0.1, 0.15) is 0 Å². The van der Waals surface area contributed by atoms with E-state index in [1.165, 1.54) is 20.0 Å². The molecule has 2 rings (SSSR count). The van der Waals surface area contributed by atoms with E-state index in [-0.39, 0.29) is 30.3 Å². The summed E-state index contributed by atoms with van der Waals surface area (Å²) in [6.45, 7) is 0.572. The van der Waals surface area contributed by atoms with Gasteiger partial charge < -0.3 is 15.4 Å². The highest BCUT2D eigenvalue weighted by atomic mass is 16.5. The van der Waals surface area contributed by atoms with Gasteiger partial charge in [-0.15, -0.1) is 0 Å². The molecule has 3 atom stereocenters. The van der Waals surface area contributed by atoms with Crippen molar-refractivity contribution < 1.29 is 14.3 Å². The summed E-state index contributed by atoms with van der Waals surface area (Å²) < 4.78 is 4.61. The summed E-state index contributed by atoms with van der Waals surface area (Å²) in [4.78, 5) is 23.2. The van der Waals surface area contributed by atoms with Crippen LogP contribution in [0.15, 0.2) is 0 Å². The second-order valence-electron chi connectivity index (χ2n) is 4.89. The van der Waals surface area contributed by atoms with E-state index in [9.17, 15) is 9.59 Å². The van der Waals surface area contributed by atoms with Crippen molar-refractivity contribution in [1.82, 2.24) is 10.6 Å². The van der Waals surface area contributed by atoms with E-state index in [4.69, 9.17) is 0 Å². The van der Waals surface area contributed by atoms with Crippen LogP contribution >= 0.6 is 0 Å². The van der Waals surface area contributed by atoms with E-state index in [0.29, 0.717) is 12.6 Å². The summed E-state index contributed by atoms with van der Waals surface area (Å²) in [5.41, 5.74) is 0. The van der Waals surface area contributed by atoms with Crippen LogP contribution in [0.25, 0.3) is 0 Å². The normalized spacial score (nSPS) is 33.2. The van der Waals surface area contributed by atoms with Crippen LogP contribution in [-0.2, 0) is 14.3 Å². The van der Waals surface area contributed by atoms with Crippen LogP contribution in [0, 0.1) is 5.92 Å². The highest BCUT2D eigenvalue weighted by molar-refractivity contribution is 5.84. The number of amides is 1. The third-order valence-electron chi connectivity index (χ3n) is 3.73. The average molecular weight is 240 g/mol. The molecule has 2 N–H and O–H groups in total. The second kappa shape index (κ2) is 5.49. The molecule has 1 saturated heterocycles. The van der Waals surface area contributed by atoms with Crippen molar-refractivity contribution >= 4 is 11.9 Å². The van der Waals surface area contributed by atoms with Crippen molar-refractivity contribution in [3.8, 4) is 0 Å². The Balaban J connectivity index is 1.97. The molecule has 2 fully saturated rings. The summed E-state index contributed by atoms with van der Waals surface area (Å²) in [5, 5.41) is 6.45. The first kappa shape index (κ1) is 12.4. The Morgan fingerprint density at radius 1 is 1.35 bits per heavy atom. The topological polar surface area (TPSA) is 67.4 Å². The zero-order valence-electron chi connectivity index (χ0n) is 10.2. The summed E-state index contributed by atoms with van der Waals surface area (Å²) in [5.74, 6) is -0.637. The van der Waals surface area contributed by atoms with E-state index in [2.05, 4.69) is 15.4 Å². The van der Waals surface area contributed by atoms with Crippen molar-refractivity contribution in [3.63, 3.8) is 0 Å². The lowest BCUT2D eigenvalue weighted by atomic mass is 9.91. The summed E-state index contributed by atoms with van der Waals surface area (Å²) >= 11 is 0. The number of esters is 1. The Morgan fingerprint density at radius 2 is 2.06 bits per heavy atom. The molecular formula is C12H20N2O3. The molecule has 5 heteroatoms. The van der Waals surface area contributed by atoms with E-state index in [1.54, 1.807) is 0 Å². The molecule has 1 aliphatic heterocycles. The number of hydrogen-bond acceptors (Lipinski definition) is 4. The minimum atomic E-state index is -0.322. The predicted molar refractivity (Wildman–Crippen MR) is 62.3 cm³/mol. The lowest BCUT2D eigenvalue weighted by Gasteiger charge is -2.30. The molecule has 5 nitrogen and oxygen atoms in total. The Bertz CT molecular complexity index is 306. The molecule has 2 aliphatic rings. The number of rotatable bonds is 2. The number of methoxy groups -OCH3 is 1. The first-order chi connectivity index (χ1) is 8.20. The molecule has 1 aliphatic carbocycles. The van der Waals surface area contributed by atoms with Gasteiger partial charge in [0.25, 0.3) is 0 Å². The van der Waals surface area contributed by atoms with Crippen molar-refractivity contribution in [1.29, 1.82) is 0 Å². The van der Waals surface area contributed by atoms with Crippen LogP contribution in [0.2, 0.25) is 0 Å². The van der Waals surface area contributed by atoms with E-state index < -0.39 is 0 Å². The Morgan fingerprint density at radius 3 is 2.76 bits per heavy atom. The molecule has 0 radical (unpaired) electrons. The van der Waals surface area contributed by atoms with Gasteiger partial charge >= 0.3 is 5.97 Å². The molecule has 1 amide bonds. The Kier molecular flexibility index (Phi) is 3.99. The maximum atomic E-state index is 12.0. The predicted octanol–water partition coefficient (Wildman–Crippen LogP) is 0.196. The largest absolute Gasteiger partial charge is 0.469 e. The standard InChI is InChI=1S/C12H20N2O3/c1-17-11(15)6-8-7-13-9-4-2-3-5-10(9)14-12(8)16/h8-10,13H,2-7H2,1H3,(H,14,16)/t8-,9-,10-/m0/s1. The van der Waals surface area contributed by atoms with Crippen LogP contribution < -0.4 is 10.6 Å². The van der Waals surface area contributed by atoms with E-state index in [0.717, 1.165) is 12.8 Å². The van der Waals surface area contributed by atoms with Crippen molar-refractivity contribution in [2.45, 2.75) is 44.2 Å². The van der Waals surface area contributed by atoms with Gasteiger partial charge in [-0.3, -0.25) is 9.59 Å². The van der Waals surface area contributed by atoms with Gasteiger partial charge in [0.15, 0.2) is 0 Å². The summed E-state index contributed by atoms with van der Waals surface area (Å²) in [6, 6.07) is 0.606. The first-order valence-corrected chi connectivity index (χ1v) is 6.31. The van der Waals surface area contributed by atoms with E-state index in [1.807, 2.05) is 0 Å². The van der Waals surface area contributed by atoms with Crippen LogP contribution in [-0.4, -0.2) is 37.6 Å². The number of carbonyl (C=O) groups excluding carboxylic acids is 2. The van der Waals surface area contributed by atoms with Crippen LogP contribution in [0.5, 0.6) is 0 Å². The fraction of sp³-hybridized carbons (Fsp3) is 0.833. The quantitative estimate of drug-likeness (QED) is 0.676. The first-order valence-electron chi connectivity index (χ1n) is 6.31. The Hall–Kier alpha value is -1.10. The molecule has 96 valence electrons. The zero-order chi connectivity index (χ0) is 12.3. The number of nitrogens with one attached hydrogen (secondary N) is 2. The molecule has 0 spiro atoms. The molecule has 0 bridgehead atoms. The fourth-order valence-electron chi connectivity index (χ4n) is 2.68. The van der Waals surface area contributed by atoms with Gasteiger partial charge in [-0.05, 0) is 12.8 Å². The van der Waals surface area contributed by atoms with Gasteiger partial charge in [0.2, 0.25) is 5.91 Å². The zero-order valence-corrected chi connectivity index (χ0v) is 10.2. The Labute approximate surface area is 101 Å². The smallest absolute Gasteiger partial charge is 0.306 e. The maximum Gasteiger partial charge on any atom is 0.306 e. The van der Waals surface area contributed by atoms with Gasteiger partial charge in [0, 0.05) is 18.6 Å². The average Bonchev–Trinajstić information content (AvgIpc) is 2.49. The lowest BCUT2D eigenvalue weighted by Crippen LogP contribution is -2.48. The van der Waals surface area contributed by atoms with Crippen molar-refractivity contribution in [2.75, 3.05) is 13.7 Å². The van der Waals surface area contributed by atoms with Crippen molar-refractivity contribution in [3.05, 3.63) is 0 Å². The van der Waals surface area contributed by atoms with Gasteiger partial charge in [-0.2, -0.15) is 0 Å². The molecular weight excluding hydrogens is 220 g/mol. The lowest BCUT2D eigenvalue weighted by molar-refractivity contribution is -0.144. The highest BCUT2D eigenvalue weighted by Crippen LogP contribution is 2.21. The summed E-state index contributed by atoms with van der Waals surface area (Å²) in [6.07, 6.45) is 4.69. The monoisotopic (exact) mass is 240 g/mol. The minimum Gasteiger partial charge on any atom is -0.469 e. The number of ether oxygens (including phenoxy) is 1.